The molecule has 0 fully saturated rings. The molecule has 3 rings (SSSR count). The van der Waals surface area contributed by atoms with E-state index in [4.69, 9.17) is 18.9 Å². The van der Waals surface area contributed by atoms with Crippen LogP contribution in [0.3, 0.4) is 0 Å². The van der Waals surface area contributed by atoms with E-state index in [1.54, 1.807) is 33.5 Å². The van der Waals surface area contributed by atoms with Crippen molar-refractivity contribution in [2.45, 2.75) is 25.4 Å². The van der Waals surface area contributed by atoms with Crippen molar-refractivity contribution in [3.05, 3.63) is 53.6 Å². The molecule has 0 aliphatic carbocycles. The molecule has 0 spiro atoms. The molecule has 0 aromatic heterocycles. The zero-order valence-electron chi connectivity index (χ0n) is 15.5. The number of benzene rings is 2. The van der Waals surface area contributed by atoms with Crippen molar-refractivity contribution in [3.63, 3.8) is 0 Å². The average Bonchev–Trinajstić information content (AvgIpc) is 3.00. The Labute approximate surface area is 153 Å². The fraction of sp³-hybridized carbons (Fsp3) is 0.333. The highest BCUT2D eigenvalue weighted by Crippen LogP contribution is 2.54. The molecule has 1 heterocycles. The Morgan fingerprint density at radius 2 is 1.77 bits per heavy atom. The fourth-order valence-corrected chi connectivity index (χ4v) is 3.57. The van der Waals surface area contributed by atoms with Gasteiger partial charge in [-0.15, -0.1) is 6.58 Å². The van der Waals surface area contributed by atoms with Gasteiger partial charge in [0.05, 0.1) is 21.3 Å². The molecule has 26 heavy (non-hydrogen) atoms. The SMILES string of the molecule is C=CCc1c(O)cc(OC)c2c1[C@H](C)[C@@H](c1ccc(OC)c(OC)c1)O2. The molecule has 0 saturated heterocycles. The van der Waals surface area contributed by atoms with Crippen LogP contribution in [0.5, 0.6) is 28.7 Å². The van der Waals surface area contributed by atoms with Crippen LogP contribution in [0, 0.1) is 0 Å². The van der Waals surface area contributed by atoms with Crippen molar-refractivity contribution >= 4 is 0 Å². The van der Waals surface area contributed by atoms with Crippen molar-refractivity contribution in [2.75, 3.05) is 21.3 Å². The van der Waals surface area contributed by atoms with Crippen molar-refractivity contribution in [3.8, 4) is 28.7 Å². The van der Waals surface area contributed by atoms with Crippen molar-refractivity contribution in [1.82, 2.24) is 0 Å². The molecular weight excluding hydrogens is 332 g/mol. The van der Waals surface area contributed by atoms with E-state index in [0.29, 0.717) is 29.4 Å². The Balaban J connectivity index is 2.08. The molecule has 0 radical (unpaired) electrons. The van der Waals surface area contributed by atoms with E-state index in [1.165, 1.54) is 0 Å². The third-order valence-corrected chi connectivity index (χ3v) is 4.83. The van der Waals surface area contributed by atoms with Crippen LogP contribution in [0.1, 0.15) is 35.6 Å². The summed E-state index contributed by atoms with van der Waals surface area (Å²) in [7, 11) is 4.79. The van der Waals surface area contributed by atoms with Gasteiger partial charge in [-0.2, -0.15) is 0 Å². The van der Waals surface area contributed by atoms with Crippen molar-refractivity contribution < 1.29 is 24.1 Å². The summed E-state index contributed by atoms with van der Waals surface area (Å²) < 4.78 is 22.4. The summed E-state index contributed by atoms with van der Waals surface area (Å²) in [5.74, 6) is 2.75. The van der Waals surface area contributed by atoms with Crippen LogP contribution >= 0.6 is 0 Å². The monoisotopic (exact) mass is 356 g/mol. The number of fused-ring (bicyclic) bond motifs is 1. The molecule has 2 aromatic carbocycles. The van der Waals surface area contributed by atoms with Gasteiger partial charge in [0.25, 0.3) is 0 Å². The predicted molar refractivity (Wildman–Crippen MR) is 99.9 cm³/mol. The first-order valence-corrected chi connectivity index (χ1v) is 8.47. The minimum atomic E-state index is -0.218. The van der Waals surface area contributed by atoms with Crippen LogP contribution in [-0.2, 0) is 6.42 Å². The van der Waals surface area contributed by atoms with Gasteiger partial charge in [-0.05, 0) is 24.1 Å². The lowest BCUT2D eigenvalue weighted by molar-refractivity contribution is 0.207. The summed E-state index contributed by atoms with van der Waals surface area (Å²) in [5, 5.41) is 10.4. The molecule has 0 bridgehead atoms. The summed E-state index contributed by atoms with van der Waals surface area (Å²) in [6.07, 6.45) is 2.12. The number of hydrogen-bond acceptors (Lipinski definition) is 5. The molecule has 2 aromatic rings. The van der Waals surface area contributed by atoms with Crippen LogP contribution in [0.2, 0.25) is 0 Å². The normalized spacial score (nSPS) is 18.0. The van der Waals surface area contributed by atoms with Gasteiger partial charge < -0.3 is 24.1 Å². The second-order valence-corrected chi connectivity index (χ2v) is 6.25. The van der Waals surface area contributed by atoms with Crippen LogP contribution in [0.25, 0.3) is 0 Å². The number of allylic oxidation sites excluding steroid dienone is 1. The number of hydrogen-bond donors (Lipinski definition) is 1. The van der Waals surface area contributed by atoms with E-state index in [1.807, 2.05) is 18.2 Å². The fourth-order valence-electron chi connectivity index (χ4n) is 3.57. The third-order valence-electron chi connectivity index (χ3n) is 4.83. The second kappa shape index (κ2) is 7.20. The number of phenolic OH excluding ortho intramolecular Hbond substituents is 1. The number of methoxy groups -OCH3 is 3. The van der Waals surface area contributed by atoms with Crippen molar-refractivity contribution in [1.29, 1.82) is 0 Å². The molecule has 138 valence electrons. The van der Waals surface area contributed by atoms with Gasteiger partial charge in [0.1, 0.15) is 11.9 Å². The average molecular weight is 356 g/mol. The van der Waals surface area contributed by atoms with Gasteiger partial charge in [-0.3, -0.25) is 0 Å². The summed E-state index contributed by atoms with van der Waals surface area (Å²) in [6, 6.07) is 7.35. The van der Waals surface area contributed by atoms with E-state index in [9.17, 15) is 5.11 Å². The molecule has 5 heteroatoms. The Kier molecular flexibility index (Phi) is 4.98. The topological polar surface area (TPSA) is 57.2 Å². The number of ether oxygens (including phenoxy) is 4. The number of rotatable bonds is 6. The van der Waals surface area contributed by atoms with Gasteiger partial charge in [0.2, 0.25) is 0 Å². The lowest BCUT2D eigenvalue weighted by Crippen LogP contribution is -2.08. The summed E-state index contributed by atoms with van der Waals surface area (Å²) >= 11 is 0. The summed E-state index contributed by atoms with van der Waals surface area (Å²) in [5.41, 5.74) is 2.75. The van der Waals surface area contributed by atoms with Gasteiger partial charge in [-0.25, -0.2) is 0 Å². The van der Waals surface area contributed by atoms with Crippen LogP contribution < -0.4 is 18.9 Å². The minimum Gasteiger partial charge on any atom is -0.508 e. The quantitative estimate of drug-likeness (QED) is 0.778. The minimum absolute atomic E-state index is 0.0269. The highest BCUT2D eigenvalue weighted by atomic mass is 16.5. The largest absolute Gasteiger partial charge is 0.508 e. The summed E-state index contributed by atoms with van der Waals surface area (Å²) in [4.78, 5) is 0. The first-order valence-electron chi connectivity index (χ1n) is 8.47. The highest BCUT2D eigenvalue weighted by molar-refractivity contribution is 5.61. The van der Waals surface area contributed by atoms with Crippen molar-refractivity contribution in [2.24, 2.45) is 0 Å². The molecule has 0 amide bonds. The first kappa shape index (κ1) is 18.0. The maximum Gasteiger partial charge on any atom is 0.166 e. The van der Waals surface area contributed by atoms with E-state index in [2.05, 4.69) is 13.5 Å². The zero-order chi connectivity index (χ0) is 18.8. The summed E-state index contributed by atoms with van der Waals surface area (Å²) in [6.45, 7) is 5.88. The molecule has 5 nitrogen and oxygen atoms in total. The Bertz CT molecular complexity index is 828. The molecule has 1 N–H and O–H groups in total. The first-order chi connectivity index (χ1) is 12.5. The molecule has 0 unspecified atom stereocenters. The highest BCUT2D eigenvalue weighted by Gasteiger charge is 2.38. The predicted octanol–water partition coefficient (Wildman–Crippen LogP) is 4.38. The van der Waals surface area contributed by atoms with E-state index >= 15 is 0 Å². The Morgan fingerprint density at radius 3 is 2.38 bits per heavy atom. The smallest absolute Gasteiger partial charge is 0.166 e. The zero-order valence-corrected chi connectivity index (χ0v) is 15.5. The number of phenols is 1. The van der Waals surface area contributed by atoms with E-state index in [0.717, 1.165) is 16.7 Å². The maximum atomic E-state index is 10.4. The second-order valence-electron chi connectivity index (χ2n) is 6.25. The molecule has 0 saturated carbocycles. The maximum absolute atomic E-state index is 10.4. The van der Waals surface area contributed by atoms with Crippen LogP contribution in [-0.4, -0.2) is 26.4 Å². The Morgan fingerprint density at radius 1 is 1.08 bits per heavy atom. The standard InChI is InChI=1S/C21H24O5/c1-6-7-14-15(22)11-18(25-5)21-19(14)12(2)20(26-21)13-8-9-16(23-3)17(10-13)24-4/h6,8-12,20,22H,1,7H2,2-5H3/t12-,20-/m0/s1. The molecular formula is C21H24O5. The van der Waals surface area contributed by atoms with Gasteiger partial charge in [0.15, 0.2) is 23.0 Å². The Hall–Kier alpha value is -2.82. The third kappa shape index (κ3) is 2.83. The lowest BCUT2D eigenvalue weighted by Gasteiger charge is -2.18. The van der Waals surface area contributed by atoms with E-state index < -0.39 is 0 Å². The van der Waals surface area contributed by atoms with E-state index in [-0.39, 0.29) is 17.8 Å². The molecule has 2 atom stereocenters. The molecule has 1 aliphatic heterocycles. The van der Waals surface area contributed by atoms with Gasteiger partial charge in [-0.1, -0.05) is 19.1 Å². The van der Waals surface area contributed by atoms with Gasteiger partial charge >= 0.3 is 0 Å². The van der Waals surface area contributed by atoms with Gasteiger partial charge in [0, 0.05) is 23.1 Å². The number of aromatic hydroxyl groups is 1. The molecule has 1 aliphatic rings. The van der Waals surface area contributed by atoms with Crippen LogP contribution in [0.4, 0.5) is 0 Å². The lowest BCUT2D eigenvalue weighted by atomic mass is 9.88. The van der Waals surface area contributed by atoms with Crippen LogP contribution in [0.15, 0.2) is 36.9 Å².